The summed E-state index contributed by atoms with van der Waals surface area (Å²) in [6.45, 7) is 5.93. The molecule has 3 rings (SSSR count). The minimum Gasteiger partial charge on any atom is -0.370 e. The molecule has 1 atom stereocenters. The molecule has 1 aliphatic rings. The van der Waals surface area contributed by atoms with Gasteiger partial charge in [0.1, 0.15) is 0 Å². The molecule has 1 saturated heterocycles. The van der Waals surface area contributed by atoms with Crippen molar-refractivity contribution in [1.29, 1.82) is 0 Å². The molecular formula is C23H34IN5. The second kappa shape index (κ2) is 12.8. The molecule has 1 fully saturated rings. The molecule has 6 heteroatoms. The van der Waals surface area contributed by atoms with Crippen molar-refractivity contribution in [3.05, 3.63) is 71.8 Å². The number of piperazine rings is 1. The van der Waals surface area contributed by atoms with Crippen LogP contribution in [0.3, 0.4) is 0 Å². The zero-order valence-corrected chi connectivity index (χ0v) is 19.7. The molecule has 158 valence electrons. The fourth-order valence-electron chi connectivity index (χ4n) is 3.72. The summed E-state index contributed by atoms with van der Waals surface area (Å²) >= 11 is 0. The molecule has 1 heterocycles. The summed E-state index contributed by atoms with van der Waals surface area (Å²) in [7, 11) is 2.21. The van der Waals surface area contributed by atoms with E-state index in [-0.39, 0.29) is 24.0 Å². The minimum atomic E-state index is 0. The number of nitrogens with zero attached hydrogens (tertiary/aromatic N) is 3. The number of guanidine groups is 1. The van der Waals surface area contributed by atoms with E-state index in [9.17, 15) is 0 Å². The van der Waals surface area contributed by atoms with Crippen molar-refractivity contribution in [1.82, 2.24) is 15.1 Å². The van der Waals surface area contributed by atoms with Gasteiger partial charge in [-0.3, -0.25) is 9.89 Å². The van der Waals surface area contributed by atoms with E-state index in [1.54, 1.807) is 0 Å². The molecule has 0 bridgehead atoms. The van der Waals surface area contributed by atoms with Crippen LogP contribution in [-0.2, 0) is 6.42 Å². The zero-order valence-electron chi connectivity index (χ0n) is 17.3. The van der Waals surface area contributed by atoms with Gasteiger partial charge in [0.05, 0.1) is 0 Å². The maximum absolute atomic E-state index is 6.01. The van der Waals surface area contributed by atoms with Gasteiger partial charge in [0.25, 0.3) is 0 Å². The van der Waals surface area contributed by atoms with Gasteiger partial charge in [-0.2, -0.15) is 0 Å². The third-order valence-corrected chi connectivity index (χ3v) is 5.33. The lowest BCUT2D eigenvalue weighted by Crippen LogP contribution is -2.47. The summed E-state index contributed by atoms with van der Waals surface area (Å²) in [5.74, 6) is 0.550. The summed E-state index contributed by atoms with van der Waals surface area (Å²) in [5.41, 5.74) is 8.72. The summed E-state index contributed by atoms with van der Waals surface area (Å²) in [4.78, 5) is 9.50. The Morgan fingerprint density at radius 3 is 2.48 bits per heavy atom. The van der Waals surface area contributed by atoms with Crippen molar-refractivity contribution >= 4 is 29.9 Å². The largest absolute Gasteiger partial charge is 0.370 e. The Morgan fingerprint density at radius 1 is 1.07 bits per heavy atom. The van der Waals surface area contributed by atoms with E-state index in [0.29, 0.717) is 12.0 Å². The number of rotatable bonds is 8. The molecule has 2 aromatic carbocycles. The van der Waals surface area contributed by atoms with E-state index < -0.39 is 0 Å². The van der Waals surface area contributed by atoms with E-state index in [1.165, 1.54) is 11.1 Å². The molecule has 5 nitrogen and oxygen atoms in total. The highest BCUT2D eigenvalue weighted by atomic mass is 127. The molecular weight excluding hydrogens is 473 g/mol. The molecule has 1 aliphatic heterocycles. The van der Waals surface area contributed by atoms with Crippen molar-refractivity contribution in [3.63, 3.8) is 0 Å². The van der Waals surface area contributed by atoms with Crippen LogP contribution in [0.2, 0.25) is 0 Å². The number of likely N-dealkylation sites (N-methyl/N-ethyl adjacent to an activating group) is 1. The Labute approximate surface area is 192 Å². The molecule has 3 N–H and O–H groups in total. The van der Waals surface area contributed by atoms with E-state index in [1.807, 2.05) is 6.07 Å². The SMILES string of the molecule is CN1CCN(CCCN=C(N)NCCc2ccccc2)C(c2ccccc2)C1.I. The third-order valence-electron chi connectivity index (χ3n) is 5.33. The lowest BCUT2D eigenvalue weighted by molar-refractivity contribution is 0.0894. The van der Waals surface area contributed by atoms with E-state index >= 15 is 0 Å². The normalized spacial score (nSPS) is 18.2. The number of halogens is 1. The third kappa shape index (κ3) is 7.95. The van der Waals surface area contributed by atoms with Gasteiger partial charge in [0.15, 0.2) is 5.96 Å². The number of hydrogen-bond donors (Lipinski definition) is 2. The first-order valence-corrected chi connectivity index (χ1v) is 10.3. The van der Waals surface area contributed by atoms with Crippen LogP contribution in [0.25, 0.3) is 0 Å². The second-order valence-electron chi connectivity index (χ2n) is 7.51. The lowest BCUT2D eigenvalue weighted by Gasteiger charge is -2.40. The first-order valence-electron chi connectivity index (χ1n) is 10.3. The van der Waals surface area contributed by atoms with Gasteiger partial charge in [0, 0.05) is 45.3 Å². The second-order valence-corrected chi connectivity index (χ2v) is 7.51. The summed E-state index contributed by atoms with van der Waals surface area (Å²) < 4.78 is 0. The number of nitrogens with two attached hydrogens (primary N) is 1. The predicted molar refractivity (Wildman–Crippen MR) is 133 cm³/mol. The molecule has 2 aromatic rings. The Bertz CT molecular complexity index is 723. The van der Waals surface area contributed by atoms with Crippen molar-refractivity contribution in [2.75, 3.05) is 46.3 Å². The van der Waals surface area contributed by atoms with Gasteiger partial charge in [-0.15, -0.1) is 24.0 Å². The lowest BCUT2D eigenvalue weighted by atomic mass is 10.0. The first kappa shape index (κ1) is 23.6. The number of hydrogen-bond acceptors (Lipinski definition) is 3. The molecule has 0 radical (unpaired) electrons. The van der Waals surface area contributed by atoms with Crippen molar-refractivity contribution in [2.45, 2.75) is 18.9 Å². The molecule has 0 aromatic heterocycles. The van der Waals surface area contributed by atoms with Crippen LogP contribution < -0.4 is 11.1 Å². The van der Waals surface area contributed by atoms with Crippen LogP contribution in [0.5, 0.6) is 0 Å². The topological polar surface area (TPSA) is 56.9 Å². The highest BCUT2D eigenvalue weighted by Crippen LogP contribution is 2.24. The van der Waals surface area contributed by atoms with E-state index in [4.69, 9.17) is 5.73 Å². The van der Waals surface area contributed by atoms with Crippen LogP contribution in [0.4, 0.5) is 0 Å². The Hall–Kier alpha value is -1.64. The van der Waals surface area contributed by atoms with Gasteiger partial charge in [-0.05, 0) is 31.0 Å². The van der Waals surface area contributed by atoms with Crippen molar-refractivity contribution in [3.8, 4) is 0 Å². The number of nitrogens with one attached hydrogen (secondary N) is 1. The predicted octanol–water partition coefficient (Wildman–Crippen LogP) is 3.13. The highest BCUT2D eigenvalue weighted by molar-refractivity contribution is 14.0. The summed E-state index contributed by atoms with van der Waals surface area (Å²) in [6.07, 6.45) is 1.98. The van der Waals surface area contributed by atoms with Crippen LogP contribution >= 0.6 is 24.0 Å². The van der Waals surface area contributed by atoms with E-state index in [0.717, 1.165) is 52.1 Å². The number of benzene rings is 2. The monoisotopic (exact) mass is 507 g/mol. The first-order chi connectivity index (χ1) is 13.7. The maximum Gasteiger partial charge on any atom is 0.188 e. The van der Waals surface area contributed by atoms with Gasteiger partial charge in [0.2, 0.25) is 0 Å². The average molecular weight is 507 g/mol. The van der Waals surface area contributed by atoms with Gasteiger partial charge in [-0.25, -0.2) is 0 Å². The standard InChI is InChI=1S/C23H33N5.HI/c1-27-17-18-28(22(19-27)21-11-6-3-7-12-21)16-8-14-25-23(24)26-15-13-20-9-4-2-5-10-20;/h2-7,9-12,22H,8,13-19H2,1H3,(H3,24,25,26);1H. The quantitative estimate of drug-likeness (QED) is 0.250. The Balaban J connectivity index is 0.00000300. The van der Waals surface area contributed by atoms with Gasteiger partial charge < -0.3 is 16.0 Å². The van der Waals surface area contributed by atoms with Crippen molar-refractivity contribution in [2.24, 2.45) is 10.7 Å². The highest BCUT2D eigenvalue weighted by Gasteiger charge is 2.25. The fourth-order valence-corrected chi connectivity index (χ4v) is 3.72. The molecule has 0 aliphatic carbocycles. The van der Waals surface area contributed by atoms with Crippen LogP contribution in [0, 0.1) is 0 Å². The number of aliphatic imine (C=N–C) groups is 1. The zero-order chi connectivity index (χ0) is 19.6. The molecule has 0 spiro atoms. The van der Waals surface area contributed by atoms with Gasteiger partial charge >= 0.3 is 0 Å². The van der Waals surface area contributed by atoms with Crippen LogP contribution in [0.15, 0.2) is 65.7 Å². The molecule has 29 heavy (non-hydrogen) atoms. The van der Waals surface area contributed by atoms with Crippen molar-refractivity contribution < 1.29 is 0 Å². The van der Waals surface area contributed by atoms with Gasteiger partial charge in [-0.1, -0.05) is 60.7 Å². The average Bonchev–Trinajstić information content (AvgIpc) is 2.73. The Kier molecular flexibility index (Phi) is 10.5. The minimum absolute atomic E-state index is 0. The van der Waals surface area contributed by atoms with Crippen LogP contribution in [-0.4, -0.2) is 62.1 Å². The maximum atomic E-state index is 6.01. The molecule has 0 amide bonds. The smallest absolute Gasteiger partial charge is 0.188 e. The summed E-state index contributed by atoms with van der Waals surface area (Å²) in [6, 6.07) is 21.7. The van der Waals surface area contributed by atoms with E-state index in [2.05, 4.69) is 81.8 Å². The molecule has 1 unspecified atom stereocenters. The van der Waals surface area contributed by atoms with Crippen LogP contribution in [0.1, 0.15) is 23.6 Å². The fraction of sp³-hybridized carbons (Fsp3) is 0.435. The molecule has 0 saturated carbocycles. The summed E-state index contributed by atoms with van der Waals surface area (Å²) in [5, 5.41) is 3.22. The Morgan fingerprint density at radius 2 is 1.76 bits per heavy atom.